The van der Waals surface area contributed by atoms with Gasteiger partial charge in [-0.2, -0.15) is 0 Å². The number of unbranched alkanes of at least 4 members (excludes halogenated alkanes) is 2. The first kappa shape index (κ1) is 16.2. The summed E-state index contributed by atoms with van der Waals surface area (Å²) in [6.07, 6.45) is 6.05. The third kappa shape index (κ3) is 10.1. The van der Waals surface area contributed by atoms with E-state index >= 15 is 0 Å². The predicted molar refractivity (Wildman–Crippen MR) is 72.7 cm³/mol. The molecule has 0 aliphatic rings. The lowest BCUT2D eigenvalue weighted by Crippen LogP contribution is -2.21. The van der Waals surface area contributed by atoms with Crippen LogP contribution in [-0.2, 0) is 4.74 Å². The topological polar surface area (TPSA) is 29.5 Å². The Morgan fingerprint density at radius 3 is 2.65 bits per heavy atom. The molecule has 1 N–H and O–H groups in total. The number of aliphatic hydroxyl groups is 1. The van der Waals surface area contributed by atoms with Crippen molar-refractivity contribution in [1.29, 1.82) is 0 Å². The lowest BCUT2D eigenvalue weighted by Gasteiger charge is -2.18. The highest BCUT2D eigenvalue weighted by atomic mass is 16.5. The predicted octanol–water partition coefficient (Wildman–Crippen LogP) is 3.30. The normalized spacial score (nSPS) is 15.5. The number of hydrogen-bond acceptors (Lipinski definition) is 2. The number of rotatable bonds is 8. The van der Waals surface area contributed by atoms with E-state index in [1.807, 2.05) is 13.0 Å². The van der Waals surface area contributed by atoms with Gasteiger partial charge in [0.2, 0.25) is 0 Å². The number of aliphatic hydroxyl groups excluding tert-OH is 1. The summed E-state index contributed by atoms with van der Waals surface area (Å²) in [6, 6.07) is 0. The minimum absolute atomic E-state index is 0.0282. The minimum Gasteiger partial charge on any atom is -0.393 e. The van der Waals surface area contributed by atoms with Crippen molar-refractivity contribution in [3.63, 3.8) is 0 Å². The van der Waals surface area contributed by atoms with Crippen molar-refractivity contribution < 1.29 is 9.84 Å². The molecule has 0 aromatic heterocycles. The van der Waals surface area contributed by atoms with Gasteiger partial charge in [0.1, 0.15) is 6.10 Å². The van der Waals surface area contributed by atoms with Crippen molar-refractivity contribution in [2.45, 2.75) is 71.2 Å². The summed E-state index contributed by atoms with van der Waals surface area (Å²) >= 11 is 0. The Morgan fingerprint density at radius 2 is 2.12 bits per heavy atom. The first-order valence-electron chi connectivity index (χ1n) is 6.52. The molecule has 0 spiro atoms. The summed E-state index contributed by atoms with van der Waals surface area (Å²) in [4.78, 5) is 0. The second-order valence-electron chi connectivity index (χ2n) is 4.47. The van der Waals surface area contributed by atoms with E-state index in [9.17, 15) is 5.11 Å². The second kappa shape index (κ2) is 10.4. The fourth-order valence-corrected chi connectivity index (χ4v) is 1.57. The molecule has 98 valence electrons. The summed E-state index contributed by atoms with van der Waals surface area (Å²) in [5.74, 6) is 6.28. The first-order valence-corrected chi connectivity index (χ1v) is 6.52. The Hall–Kier alpha value is -0.780. The molecular weight excluding hydrogens is 212 g/mol. The van der Waals surface area contributed by atoms with Gasteiger partial charge in [-0.05, 0) is 26.7 Å². The highest BCUT2D eigenvalue weighted by molar-refractivity contribution is 5.07. The molecular formula is C15H26O2. The van der Waals surface area contributed by atoms with E-state index < -0.39 is 0 Å². The standard InChI is InChI=1S/C15H26O2/c1-5-7-8-9-11-15(10-6-2)17-14(4)12-13(3)16/h6,13-16H,2,5,7-8,10,12H2,1,3-4H3/t13-,14+,15+/m1/s1. The molecule has 0 aromatic carbocycles. The summed E-state index contributed by atoms with van der Waals surface area (Å²) in [5, 5.41) is 9.28. The molecule has 17 heavy (non-hydrogen) atoms. The van der Waals surface area contributed by atoms with E-state index in [0.717, 1.165) is 19.3 Å². The summed E-state index contributed by atoms with van der Waals surface area (Å²) in [7, 11) is 0. The number of hydrogen-bond donors (Lipinski definition) is 1. The van der Waals surface area contributed by atoms with E-state index in [-0.39, 0.29) is 18.3 Å². The van der Waals surface area contributed by atoms with Gasteiger partial charge in [-0.3, -0.25) is 0 Å². The molecule has 0 rings (SSSR count). The Kier molecular flexibility index (Phi) is 9.90. The Morgan fingerprint density at radius 1 is 1.41 bits per heavy atom. The van der Waals surface area contributed by atoms with Crippen LogP contribution >= 0.6 is 0 Å². The largest absolute Gasteiger partial charge is 0.393 e. The van der Waals surface area contributed by atoms with E-state index in [1.165, 1.54) is 6.42 Å². The van der Waals surface area contributed by atoms with Gasteiger partial charge in [-0.15, -0.1) is 12.5 Å². The van der Waals surface area contributed by atoms with Crippen molar-refractivity contribution >= 4 is 0 Å². The van der Waals surface area contributed by atoms with E-state index in [2.05, 4.69) is 25.3 Å². The molecule has 3 atom stereocenters. The van der Waals surface area contributed by atoms with Crippen LogP contribution in [0.4, 0.5) is 0 Å². The van der Waals surface area contributed by atoms with Crippen LogP contribution in [0.3, 0.4) is 0 Å². The van der Waals surface area contributed by atoms with E-state index in [4.69, 9.17) is 4.74 Å². The zero-order valence-corrected chi connectivity index (χ0v) is 11.4. The van der Waals surface area contributed by atoms with Gasteiger partial charge >= 0.3 is 0 Å². The molecule has 0 unspecified atom stereocenters. The quantitative estimate of drug-likeness (QED) is 0.399. The SMILES string of the molecule is C=CC[C@@H](C#CCCCC)O[C@@H](C)C[C@@H](C)O. The van der Waals surface area contributed by atoms with Crippen molar-refractivity contribution in [3.05, 3.63) is 12.7 Å². The zero-order valence-electron chi connectivity index (χ0n) is 11.4. The molecule has 0 bridgehead atoms. The van der Waals surface area contributed by atoms with Crippen molar-refractivity contribution in [2.75, 3.05) is 0 Å². The number of ether oxygens (including phenoxy) is 1. The minimum atomic E-state index is -0.331. The van der Waals surface area contributed by atoms with Crippen LogP contribution in [-0.4, -0.2) is 23.4 Å². The summed E-state index contributed by atoms with van der Waals surface area (Å²) in [6.45, 7) is 9.61. The molecule has 0 heterocycles. The molecule has 0 saturated heterocycles. The molecule has 2 nitrogen and oxygen atoms in total. The molecule has 0 amide bonds. The van der Waals surface area contributed by atoms with Crippen LogP contribution < -0.4 is 0 Å². The monoisotopic (exact) mass is 238 g/mol. The van der Waals surface area contributed by atoms with Crippen LogP contribution in [0, 0.1) is 11.8 Å². The van der Waals surface area contributed by atoms with Gasteiger partial charge in [0, 0.05) is 12.8 Å². The average Bonchev–Trinajstić information content (AvgIpc) is 2.23. The van der Waals surface area contributed by atoms with Gasteiger partial charge in [-0.25, -0.2) is 0 Å². The van der Waals surface area contributed by atoms with Crippen LogP contribution in [0.5, 0.6) is 0 Å². The molecule has 0 aliphatic carbocycles. The Balaban J connectivity index is 4.11. The maximum atomic E-state index is 9.28. The van der Waals surface area contributed by atoms with E-state index in [1.54, 1.807) is 6.92 Å². The zero-order chi connectivity index (χ0) is 13.1. The van der Waals surface area contributed by atoms with Crippen molar-refractivity contribution in [2.24, 2.45) is 0 Å². The van der Waals surface area contributed by atoms with Gasteiger partial charge in [0.05, 0.1) is 12.2 Å². The first-order chi connectivity index (χ1) is 8.10. The third-order valence-electron chi connectivity index (χ3n) is 2.37. The molecule has 0 aromatic rings. The van der Waals surface area contributed by atoms with Crippen LogP contribution in [0.25, 0.3) is 0 Å². The Labute approximate surface area is 106 Å². The van der Waals surface area contributed by atoms with Gasteiger partial charge < -0.3 is 9.84 Å². The molecule has 0 saturated carbocycles. The van der Waals surface area contributed by atoms with Gasteiger partial charge in [0.15, 0.2) is 0 Å². The highest BCUT2D eigenvalue weighted by Crippen LogP contribution is 2.08. The lowest BCUT2D eigenvalue weighted by molar-refractivity contribution is 0.00293. The fourth-order valence-electron chi connectivity index (χ4n) is 1.57. The maximum absolute atomic E-state index is 9.28. The van der Waals surface area contributed by atoms with Crippen molar-refractivity contribution in [3.8, 4) is 11.8 Å². The van der Waals surface area contributed by atoms with Crippen LogP contribution in [0.1, 0.15) is 52.9 Å². The molecule has 0 aliphatic heterocycles. The van der Waals surface area contributed by atoms with Crippen LogP contribution in [0.2, 0.25) is 0 Å². The Bertz CT molecular complexity index is 247. The van der Waals surface area contributed by atoms with E-state index in [0.29, 0.717) is 6.42 Å². The fraction of sp³-hybridized carbons (Fsp3) is 0.733. The van der Waals surface area contributed by atoms with Crippen molar-refractivity contribution in [1.82, 2.24) is 0 Å². The molecule has 0 fully saturated rings. The van der Waals surface area contributed by atoms with Gasteiger partial charge in [0.25, 0.3) is 0 Å². The van der Waals surface area contributed by atoms with Crippen LogP contribution in [0.15, 0.2) is 12.7 Å². The lowest BCUT2D eigenvalue weighted by atomic mass is 10.1. The summed E-state index contributed by atoms with van der Waals surface area (Å²) < 4.78 is 5.78. The second-order valence-corrected chi connectivity index (χ2v) is 4.47. The molecule has 2 heteroatoms. The molecule has 0 radical (unpaired) electrons. The average molecular weight is 238 g/mol. The third-order valence-corrected chi connectivity index (χ3v) is 2.37. The highest BCUT2D eigenvalue weighted by Gasteiger charge is 2.11. The maximum Gasteiger partial charge on any atom is 0.122 e. The smallest absolute Gasteiger partial charge is 0.122 e. The van der Waals surface area contributed by atoms with Gasteiger partial charge in [-0.1, -0.05) is 25.3 Å². The summed E-state index contributed by atoms with van der Waals surface area (Å²) in [5.41, 5.74) is 0.